The van der Waals surface area contributed by atoms with Gasteiger partial charge >= 0.3 is 0 Å². The zero-order valence-corrected chi connectivity index (χ0v) is 10.9. The maximum atomic E-state index is 11.6. The number of anilines is 1. The van der Waals surface area contributed by atoms with E-state index < -0.39 is 0 Å². The minimum absolute atomic E-state index is 0.0670. The standard InChI is InChI=1S/C12H16N4O3/c1-4-5-13-7-12(18)16(3)8-11(17)14-10-6-9(2)19-15-10/h1,6,13H,5,7-8H2,2-3H3,(H,14,15,17). The Morgan fingerprint density at radius 1 is 1.58 bits per heavy atom. The van der Waals surface area contributed by atoms with Gasteiger partial charge in [0.2, 0.25) is 11.8 Å². The van der Waals surface area contributed by atoms with E-state index in [2.05, 4.69) is 21.7 Å². The first-order valence-corrected chi connectivity index (χ1v) is 5.64. The van der Waals surface area contributed by atoms with Gasteiger partial charge in [-0.3, -0.25) is 14.9 Å². The number of hydrogen-bond acceptors (Lipinski definition) is 5. The van der Waals surface area contributed by atoms with Crippen LogP contribution in [0.5, 0.6) is 0 Å². The summed E-state index contributed by atoms with van der Waals surface area (Å²) in [6.07, 6.45) is 5.04. The van der Waals surface area contributed by atoms with Crippen molar-refractivity contribution in [2.24, 2.45) is 0 Å². The summed E-state index contributed by atoms with van der Waals surface area (Å²) in [5.74, 6) is 2.71. The molecular weight excluding hydrogens is 248 g/mol. The van der Waals surface area contributed by atoms with Gasteiger partial charge < -0.3 is 14.7 Å². The van der Waals surface area contributed by atoms with E-state index in [9.17, 15) is 9.59 Å². The molecule has 0 aliphatic heterocycles. The van der Waals surface area contributed by atoms with Crippen molar-refractivity contribution in [3.8, 4) is 12.3 Å². The molecule has 1 aromatic rings. The molecular formula is C12H16N4O3. The smallest absolute Gasteiger partial charge is 0.245 e. The molecule has 0 saturated carbocycles. The summed E-state index contributed by atoms with van der Waals surface area (Å²) < 4.78 is 4.81. The molecule has 19 heavy (non-hydrogen) atoms. The van der Waals surface area contributed by atoms with Crippen LogP contribution in [0.2, 0.25) is 0 Å². The van der Waals surface area contributed by atoms with Crippen LogP contribution < -0.4 is 10.6 Å². The van der Waals surface area contributed by atoms with Gasteiger partial charge in [0.05, 0.1) is 19.6 Å². The third-order valence-electron chi connectivity index (χ3n) is 2.21. The van der Waals surface area contributed by atoms with Crippen molar-refractivity contribution < 1.29 is 14.1 Å². The van der Waals surface area contributed by atoms with Crippen molar-refractivity contribution in [3.05, 3.63) is 11.8 Å². The van der Waals surface area contributed by atoms with Crippen LogP contribution in [0.3, 0.4) is 0 Å². The Hall–Kier alpha value is -2.33. The third-order valence-corrected chi connectivity index (χ3v) is 2.21. The van der Waals surface area contributed by atoms with Crippen molar-refractivity contribution in [1.29, 1.82) is 0 Å². The predicted molar refractivity (Wildman–Crippen MR) is 69.2 cm³/mol. The Bertz CT molecular complexity index is 489. The average Bonchev–Trinajstić information content (AvgIpc) is 2.74. The van der Waals surface area contributed by atoms with E-state index in [-0.39, 0.29) is 24.9 Å². The van der Waals surface area contributed by atoms with Gasteiger partial charge in [-0.05, 0) is 6.92 Å². The highest BCUT2D eigenvalue weighted by molar-refractivity contribution is 5.93. The molecule has 0 aliphatic carbocycles. The summed E-state index contributed by atoms with van der Waals surface area (Å²) in [5.41, 5.74) is 0. The second kappa shape index (κ2) is 7.18. The lowest BCUT2D eigenvalue weighted by Crippen LogP contribution is -2.40. The Labute approximate surface area is 111 Å². The van der Waals surface area contributed by atoms with Gasteiger partial charge in [0.15, 0.2) is 5.82 Å². The van der Waals surface area contributed by atoms with Crippen molar-refractivity contribution in [2.75, 3.05) is 32.0 Å². The number of amides is 2. The Kier molecular flexibility index (Phi) is 5.57. The number of aryl methyl sites for hydroxylation is 1. The van der Waals surface area contributed by atoms with Gasteiger partial charge in [0.1, 0.15) is 5.76 Å². The number of rotatable bonds is 6. The summed E-state index contributed by atoms with van der Waals surface area (Å²) in [7, 11) is 1.54. The van der Waals surface area contributed by atoms with E-state index >= 15 is 0 Å². The molecule has 0 fully saturated rings. The number of nitrogens with one attached hydrogen (secondary N) is 2. The molecule has 7 nitrogen and oxygen atoms in total. The van der Waals surface area contributed by atoms with Crippen molar-refractivity contribution in [1.82, 2.24) is 15.4 Å². The molecule has 7 heteroatoms. The SMILES string of the molecule is C#CCNCC(=O)N(C)CC(=O)Nc1cc(C)on1. The lowest BCUT2D eigenvalue weighted by molar-refractivity contribution is -0.132. The molecule has 0 saturated heterocycles. The molecule has 0 radical (unpaired) electrons. The summed E-state index contributed by atoms with van der Waals surface area (Å²) in [4.78, 5) is 24.5. The highest BCUT2D eigenvalue weighted by Gasteiger charge is 2.13. The van der Waals surface area contributed by atoms with Crippen molar-refractivity contribution >= 4 is 17.6 Å². The molecule has 1 aromatic heterocycles. The van der Waals surface area contributed by atoms with Crippen LogP contribution in [-0.2, 0) is 9.59 Å². The summed E-state index contributed by atoms with van der Waals surface area (Å²) in [6, 6.07) is 1.59. The van der Waals surface area contributed by atoms with E-state index in [1.54, 1.807) is 13.0 Å². The Morgan fingerprint density at radius 2 is 2.32 bits per heavy atom. The van der Waals surface area contributed by atoms with Gasteiger partial charge in [-0.1, -0.05) is 11.1 Å². The zero-order chi connectivity index (χ0) is 14.3. The van der Waals surface area contributed by atoms with Gasteiger partial charge in [0.25, 0.3) is 0 Å². The minimum atomic E-state index is -0.346. The van der Waals surface area contributed by atoms with Crippen LogP contribution in [0.15, 0.2) is 10.6 Å². The fraction of sp³-hybridized carbons (Fsp3) is 0.417. The molecule has 102 valence electrons. The number of hydrogen-bond donors (Lipinski definition) is 2. The lowest BCUT2D eigenvalue weighted by Gasteiger charge is -2.16. The van der Waals surface area contributed by atoms with Gasteiger partial charge in [0, 0.05) is 13.1 Å². The van der Waals surface area contributed by atoms with E-state index in [4.69, 9.17) is 10.9 Å². The number of nitrogens with zero attached hydrogens (tertiary/aromatic N) is 2. The Morgan fingerprint density at radius 3 is 2.89 bits per heavy atom. The monoisotopic (exact) mass is 264 g/mol. The molecule has 1 heterocycles. The number of aromatic nitrogens is 1. The van der Waals surface area contributed by atoms with E-state index in [1.165, 1.54) is 11.9 Å². The molecule has 0 atom stereocenters. The quantitative estimate of drug-likeness (QED) is 0.539. The number of terminal acetylenes is 1. The number of likely N-dealkylation sites (N-methyl/N-ethyl adjacent to an activating group) is 1. The van der Waals surface area contributed by atoms with Crippen molar-refractivity contribution in [3.63, 3.8) is 0 Å². The summed E-state index contributed by atoms with van der Waals surface area (Å²) in [5, 5.41) is 8.90. The molecule has 0 aliphatic rings. The largest absolute Gasteiger partial charge is 0.360 e. The summed E-state index contributed by atoms with van der Waals surface area (Å²) >= 11 is 0. The average molecular weight is 264 g/mol. The topological polar surface area (TPSA) is 87.5 Å². The molecule has 0 unspecified atom stereocenters. The minimum Gasteiger partial charge on any atom is -0.360 e. The highest BCUT2D eigenvalue weighted by atomic mass is 16.5. The maximum absolute atomic E-state index is 11.6. The fourth-order valence-electron chi connectivity index (χ4n) is 1.29. The van der Waals surface area contributed by atoms with Crippen LogP contribution in [0.1, 0.15) is 5.76 Å². The second-order valence-electron chi connectivity index (χ2n) is 3.93. The van der Waals surface area contributed by atoms with E-state index in [1.807, 2.05) is 0 Å². The normalized spacial score (nSPS) is 9.74. The Balaban J connectivity index is 2.35. The highest BCUT2D eigenvalue weighted by Crippen LogP contribution is 2.06. The first-order chi connectivity index (χ1) is 9.02. The number of carbonyl (C=O) groups excluding carboxylic acids is 2. The van der Waals surface area contributed by atoms with Crippen LogP contribution in [0, 0.1) is 19.3 Å². The second-order valence-corrected chi connectivity index (χ2v) is 3.93. The summed E-state index contributed by atoms with van der Waals surface area (Å²) in [6.45, 7) is 2.05. The maximum Gasteiger partial charge on any atom is 0.245 e. The van der Waals surface area contributed by atoms with Crippen LogP contribution in [-0.4, -0.2) is 48.6 Å². The molecule has 2 N–H and O–H groups in total. The van der Waals surface area contributed by atoms with Crippen LogP contribution in [0.25, 0.3) is 0 Å². The molecule has 0 aromatic carbocycles. The van der Waals surface area contributed by atoms with E-state index in [0.717, 1.165) is 0 Å². The van der Waals surface area contributed by atoms with Crippen molar-refractivity contribution in [2.45, 2.75) is 6.92 Å². The van der Waals surface area contributed by atoms with Crippen LogP contribution in [0.4, 0.5) is 5.82 Å². The molecule has 0 bridgehead atoms. The predicted octanol–water partition coefficient (Wildman–Crippen LogP) is -0.397. The van der Waals surface area contributed by atoms with Crippen LogP contribution >= 0.6 is 0 Å². The first kappa shape index (κ1) is 14.7. The van der Waals surface area contributed by atoms with Gasteiger partial charge in [-0.25, -0.2) is 0 Å². The zero-order valence-electron chi connectivity index (χ0n) is 10.9. The molecule has 0 spiro atoms. The number of carbonyl (C=O) groups is 2. The first-order valence-electron chi connectivity index (χ1n) is 5.64. The third kappa shape index (κ3) is 5.23. The van der Waals surface area contributed by atoms with E-state index in [0.29, 0.717) is 18.1 Å². The molecule has 1 rings (SSSR count). The molecule has 2 amide bonds. The van der Waals surface area contributed by atoms with Gasteiger partial charge in [-0.2, -0.15) is 0 Å². The fourth-order valence-corrected chi connectivity index (χ4v) is 1.29. The van der Waals surface area contributed by atoms with Gasteiger partial charge in [-0.15, -0.1) is 6.42 Å². The lowest BCUT2D eigenvalue weighted by atomic mass is 10.4.